The van der Waals surface area contributed by atoms with Crippen molar-refractivity contribution in [2.75, 3.05) is 7.11 Å². The zero-order chi connectivity index (χ0) is 21.2. The summed E-state index contributed by atoms with van der Waals surface area (Å²) in [4.78, 5) is 4.25. The summed E-state index contributed by atoms with van der Waals surface area (Å²) in [6, 6.07) is 10.6. The van der Waals surface area contributed by atoms with E-state index in [-0.39, 0.29) is 26.7 Å². The molecule has 1 atom stereocenters. The van der Waals surface area contributed by atoms with E-state index in [0.29, 0.717) is 17.1 Å². The lowest BCUT2D eigenvalue weighted by atomic mass is 10.1. The van der Waals surface area contributed by atoms with E-state index in [0.717, 1.165) is 0 Å². The lowest BCUT2D eigenvalue weighted by Gasteiger charge is -2.19. The summed E-state index contributed by atoms with van der Waals surface area (Å²) in [6.45, 7) is 3.67. The summed E-state index contributed by atoms with van der Waals surface area (Å²) in [5.74, 6) is 1.01. The van der Waals surface area contributed by atoms with Crippen molar-refractivity contribution in [1.29, 1.82) is 0 Å². The van der Waals surface area contributed by atoms with Crippen molar-refractivity contribution >= 4 is 33.2 Å². The molecule has 154 valence electrons. The Balaban J connectivity index is 1.90. The normalized spacial score (nSPS) is 12.9. The van der Waals surface area contributed by atoms with Crippen molar-refractivity contribution in [3.8, 4) is 17.1 Å². The lowest BCUT2D eigenvalue weighted by Crippen LogP contribution is -2.32. The van der Waals surface area contributed by atoms with Gasteiger partial charge in [-0.3, -0.25) is 0 Å². The molecule has 1 heterocycles. The second-order valence-corrected chi connectivity index (χ2v) is 9.13. The van der Waals surface area contributed by atoms with E-state index in [2.05, 4.69) is 14.9 Å². The first-order valence-electron chi connectivity index (χ1n) is 8.66. The van der Waals surface area contributed by atoms with Gasteiger partial charge in [-0.25, -0.2) is 8.42 Å². The van der Waals surface area contributed by atoms with Gasteiger partial charge in [-0.05, 0) is 48.4 Å². The summed E-state index contributed by atoms with van der Waals surface area (Å²) < 4.78 is 38.8. The molecule has 0 aliphatic heterocycles. The summed E-state index contributed by atoms with van der Waals surface area (Å²) in [6.07, 6.45) is 0. The summed E-state index contributed by atoms with van der Waals surface area (Å²) in [7, 11) is -2.40. The van der Waals surface area contributed by atoms with E-state index < -0.39 is 16.1 Å². The highest BCUT2D eigenvalue weighted by Gasteiger charge is 2.30. The smallest absolute Gasteiger partial charge is 0.245 e. The first-order valence-corrected chi connectivity index (χ1v) is 10.9. The van der Waals surface area contributed by atoms with Gasteiger partial charge >= 0.3 is 0 Å². The second-order valence-electron chi connectivity index (χ2n) is 6.60. The molecule has 0 aliphatic rings. The predicted molar refractivity (Wildman–Crippen MR) is 111 cm³/mol. The van der Waals surface area contributed by atoms with Crippen molar-refractivity contribution in [1.82, 2.24) is 14.9 Å². The number of nitrogens with zero attached hydrogens (tertiary/aromatic N) is 2. The van der Waals surface area contributed by atoms with Gasteiger partial charge in [0.2, 0.25) is 21.7 Å². The van der Waals surface area contributed by atoms with Crippen LogP contribution in [0.25, 0.3) is 11.4 Å². The highest BCUT2D eigenvalue weighted by Crippen LogP contribution is 2.29. The molecule has 0 amide bonds. The topological polar surface area (TPSA) is 94.3 Å². The molecule has 0 saturated carbocycles. The Hall–Kier alpha value is -2.13. The lowest BCUT2D eigenvalue weighted by molar-refractivity contribution is 0.311. The van der Waals surface area contributed by atoms with Gasteiger partial charge in [0.15, 0.2) is 0 Å². The molecule has 10 heteroatoms. The number of halogens is 2. The molecule has 29 heavy (non-hydrogen) atoms. The third kappa shape index (κ3) is 4.90. The minimum atomic E-state index is -3.98. The SMILES string of the molecule is COc1ccc(-c2noc([C@H](NS(=O)(=O)c3cc(Cl)ccc3Cl)C(C)C)n2)cc1. The van der Waals surface area contributed by atoms with Gasteiger partial charge in [-0.15, -0.1) is 0 Å². The minimum Gasteiger partial charge on any atom is -0.497 e. The number of sulfonamides is 1. The van der Waals surface area contributed by atoms with E-state index in [1.165, 1.54) is 18.2 Å². The Morgan fingerprint density at radius 3 is 2.41 bits per heavy atom. The Bertz CT molecular complexity index is 1100. The first kappa shape index (κ1) is 21.6. The number of hydrogen-bond acceptors (Lipinski definition) is 6. The number of hydrogen-bond donors (Lipinski definition) is 1. The fraction of sp³-hybridized carbons (Fsp3) is 0.263. The highest BCUT2D eigenvalue weighted by molar-refractivity contribution is 7.89. The van der Waals surface area contributed by atoms with Crippen LogP contribution < -0.4 is 9.46 Å². The van der Waals surface area contributed by atoms with Gasteiger partial charge in [0, 0.05) is 10.6 Å². The molecule has 0 radical (unpaired) electrons. The van der Waals surface area contributed by atoms with Crippen LogP contribution in [0.15, 0.2) is 51.9 Å². The van der Waals surface area contributed by atoms with E-state index in [4.69, 9.17) is 32.5 Å². The molecule has 0 fully saturated rings. The third-order valence-corrected chi connectivity index (χ3v) is 6.35. The molecule has 0 unspecified atom stereocenters. The number of aromatic nitrogens is 2. The zero-order valence-electron chi connectivity index (χ0n) is 15.9. The standard InChI is InChI=1S/C19H19Cl2N3O4S/c1-11(2)17(24-29(25,26)16-10-13(20)6-9-15(16)21)19-22-18(23-28-19)12-4-7-14(27-3)8-5-12/h4-11,17,24H,1-3H3/t17-/m1/s1. The fourth-order valence-corrected chi connectivity index (χ4v) is 4.70. The van der Waals surface area contributed by atoms with Crippen LogP contribution in [0.2, 0.25) is 10.0 Å². The first-order chi connectivity index (χ1) is 13.7. The van der Waals surface area contributed by atoms with Crippen LogP contribution in [-0.4, -0.2) is 25.7 Å². The number of benzene rings is 2. The van der Waals surface area contributed by atoms with E-state index in [1.54, 1.807) is 31.4 Å². The van der Waals surface area contributed by atoms with Gasteiger partial charge in [-0.2, -0.15) is 9.71 Å². The summed E-state index contributed by atoms with van der Waals surface area (Å²) in [5, 5.41) is 4.29. The van der Waals surface area contributed by atoms with Gasteiger partial charge in [-0.1, -0.05) is 42.2 Å². The third-order valence-electron chi connectivity index (χ3n) is 4.19. The van der Waals surface area contributed by atoms with Crippen LogP contribution in [0, 0.1) is 5.92 Å². The predicted octanol–water partition coefficient (Wildman–Crippen LogP) is 4.73. The number of rotatable bonds is 7. The molecule has 2 aromatic carbocycles. The van der Waals surface area contributed by atoms with Gasteiger partial charge in [0.25, 0.3) is 0 Å². The van der Waals surface area contributed by atoms with Crippen LogP contribution >= 0.6 is 23.2 Å². The van der Waals surface area contributed by atoms with Gasteiger partial charge < -0.3 is 9.26 Å². The Morgan fingerprint density at radius 2 is 1.79 bits per heavy atom. The van der Waals surface area contributed by atoms with E-state index in [9.17, 15) is 8.42 Å². The van der Waals surface area contributed by atoms with Crippen molar-refractivity contribution < 1.29 is 17.7 Å². The number of ether oxygens (including phenoxy) is 1. The molecular weight excluding hydrogens is 437 g/mol. The summed E-state index contributed by atoms with van der Waals surface area (Å²) >= 11 is 12.0. The highest BCUT2D eigenvalue weighted by atomic mass is 35.5. The van der Waals surface area contributed by atoms with Crippen molar-refractivity contribution in [3.05, 3.63) is 58.4 Å². The zero-order valence-corrected chi connectivity index (χ0v) is 18.2. The van der Waals surface area contributed by atoms with Crippen LogP contribution in [-0.2, 0) is 10.0 Å². The molecule has 0 saturated heterocycles. The molecule has 3 rings (SSSR count). The van der Waals surface area contributed by atoms with Crippen molar-refractivity contribution in [2.24, 2.45) is 5.92 Å². The van der Waals surface area contributed by atoms with Gasteiger partial charge in [0.1, 0.15) is 16.7 Å². The maximum Gasteiger partial charge on any atom is 0.245 e. The molecule has 7 nitrogen and oxygen atoms in total. The molecular formula is C19H19Cl2N3O4S. The van der Waals surface area contributed by atoms with Crippen LogP contribution in [0.5, 0.6) is 5.75 Å². The van der Waals surface area contributed by atoms with Gasteiger partial charge in [0.05, 0.1) is 12.1 Å². The quantitative estimate of drug-likeness (QED) is 0.553. The summed E-state index contributed by atoms with van der Waals surface area (Å²) in [5.41, 5.74) is 0.712. The molecule has 0 aliphatic carbocycles. The Kier molecular flexibility index (Phi) is 6.48. The average Bonchev–Trinajstić information content (AvgIpc) is 3.17. The number of nitrogens with one attached hydrogen (secondary N) is 1. The molecule has 1 aromatic heterocycles. The fourth-order valence-electron chi connectivity index (χ4n) is 2.60. The monoisotopic (exact) mass is 455 g/mol. The molecule has 3 aromatic rings. The minimum absolute atomic E-state index is 0.0638. The average molecular weight is 456 g/mol. The Labute approximate surface area is 179 Å². The second kappa shape index (κ2) is 8.71. The maximum absolute atomic E-state index is 12.9. The largest absolute Gasteiger partial charge is 0.497 e. The maximum atomic E-state index is 12.9. The van der Waals surface area contributed by atoms with Crippen LogP contribution in [0.4, 0.5) is 0 Å². The van der Waals surface area contributed by atoms with Crippen molar-refractivity contribution in [3.63, 3.8) is 0 Å². The molecule has 0 spiro atoms. The molecule has 0 bridgehead atoms. The van der Waals surface area contributed by atoms with Crippen LogP contribution in [0.1, 0.15) is 25.8 Å². The Morgan fingerprint density at radius 1 is 1.10 bits per heavy atom. The number of methoxy groups -OCH3 is 1. The van der Waals surface area contributed by atoms with Crippen LogP contribution in [0.3, 0.4) is 0 Å². The van der Waals surface area contributed by atoms with Crippen molar-refractivity contribution in [2.45, 2.75) is 24.8 Å². The van der Waals surface area contributed by atoms with E-state index >= 15 is 0 Å². The molecule has 1 N–H and O–H groups in total. The van der Waals surface area contributed by atoms with E-state index in [1.807, 2.05) is 13.8 Å².